The van der Waals surface area contributed by atoms with Gasteiger partial charge in [-0.25, -0.2) is 0 Å². The summed E-state index contributed by atoms with van der Waals surface area (Å²) in [7, 11) is 1.93. The van der Waals surface area contributed by atoms with Crippen molar-refractivity contribution >= 4 is 16.7 Å². The highest BCUT2D eigenvalue weighted by molar-refractivity contribution is 5.85. The number of nitrogens with zero attached hydrogens (tertiary/aromatic N) is 2. The van der Waals surface area contributed by atoms with Crippen LogP contribution in [0.25, 0.3) is 10.8 Å². The summed E-state index contributed by atoms with van der Waals surface area (Å²) >= 11 is 0. The van der Waals surface area contributed by atoms with Crippen LogP contribution in [0.2, 0.25) is 0 Å². The van der Waals surface area contributed by atoms with Gasteiger partial charge in [0.25, 0.3) is 0 Å². The number of likely N-dealkylation sites (tertiary alicyclic amines) is 1. The SMILES string of the molecule is CN(Cc1ccccc1)C(=O)C1CCCN(Cc2cccc3ccccc23)C1. The number of carbonyl (C=O) groups excluding carboxylic acids is 1. The second-order valence-corrected chi connectivity index (χ2v) is 7.89. The summed E-state index contributed by atoms with van der Waals surface area (Å²) in [5.74, 6) is 0.365. The van der Waals surface area contributed by atoms with Gasteiger partial charge in [0, 0.05) is 26.7 Å². The summed E-state index contributed by atoms with van der Waals surface area (Å²) in [6.45, 7) is 3.50. The molecule has 0 aliphatic carbocycles. The number of carbonyl (C=O) groups is 1. The molecule has 0 N–H and O–H groups in total. The molecule has 3 aromatic rings. The largest absolute Gasteiger partial charge is 0.341 e. The Balaban J connectivity index is 1.42. The maximum atomic E-state index is 13.0. The number of hydrogen-bond donors (Lipinski definition) is 0. The van der Waals surface area contributed by atoms with Gasteiger partial charge in [-0.2, -0.15) is 0 Å². The molecular formula is C25H28N2O. The van der Waals surface area contributed by atoms with E-state index in [0.29, 0.717) is 6.54 Å². The fourth-order valence-corrected chi connectivity index (χ4v) is 4.32. The van der Waals surface area contributed by atoms with Gasteiger partial charge in [-0.15, -0.1) is 0 Å². The number of hydrogen-bond acceptors (Lipinski definition) is 2. The molecule has 4 rings (SSSR count). The monoisotopic (exact) mass is 372 g/mol. The molecule has 144 valence electrons. The van der Waals surface area contributed by atoms with Gasteiger partial charge in [0.05, 0.1) is 5.92 Å². The number of amides is 1. The molecule has 28 heavy (non-hydrogen) atoms. The van der Waals surface area contributed by atoms with Crippen molar-refractivity contribution in [3.8, 4) is 0 Å². The van der Waals surface area contributed by atoms with Gasteiger partial charge >= 0.3 is 0 Å². The van der Waals surface area contributed by atoms with E-state index in [9.17, 15) is 4.79 Å². The zero-order valence-corrected chi connectivity index (χ0v) is 16.6. The van der Waals surface area contributed by atoms with Crippen molar-refractivity contribution in [2.75, 3.05) is 20.1 Å². The third kappa shape index (κ3) is 4.26. The molecule has 1 unspecified atom stereocenters. The third-order valence-corrected chi connectivity index (χ3v) is 5.77. The average Bonchev–Trinajstić information content (AvgIpc) is 2.74. The molecular weight excluding hydrogens is 344 g/mol. The molecule has 1 aliphatic rings. The van der Waals surface area contributed by atoms with E-state index in [1.165, 1.54) is 21.9 Å². The standard InChI is InChI=1S/C25H28N2O/c1-26(17-20-9-3-2-4-10-20)25(28)23-14-8-16-27(19-23)18-22-13-7-12-21-11-5-6-15-24(21)22/h2-7,9-13,15,23H,8,14,16-19H2,1H3. The van der Waals surface area contributed by atoms with E-state index in [0.717, 1.165) is 32.5 Å². The molecule has 1 heterocycles. The van der Waals surface area contributed by atoms with E-state index in [-0.39, 0.29) is 11.8 Å². The van der Waals surface area contributed by atoms with Crippen LogP contribution in [0.4, 0.5) is 0 Å². The minimum atomic E-state index is 0.0949. The van der Waals surface area contributed by atoms with Gasteiger partial charge in [0.2, 0.25) is 5.91 Å². The molecule has 3 aromatic carbocycles. The summed E-state index contributed by atoms with van der Waals surface area (Å²) in [6, 6.07) is 25.3. The van der Waals surface area contributed by atoms with Gasteiger partial charge < -0.3 is 4.90 Å². The van der Waals surface area contributed by atoms with Crippen molar-refractivity contribution in [1.29, 1.82) is 0 Å². The number of fused-ring (bicyclic) bond motifs is 1. The van der Waals surface area contributed by atoms with E-state index in [1.807, 2.05) is 30.1 Å². The third-order valence-electron chi connectivity index (χ3n) is 5.77. The second-order valence-electron chi connectivity index (χ2n) is 7.89. The van der Waals surface area contributed by atoms with Gasteiger partial charge in [-0.3, -0.25) is 9.69 Å². The first-order valence-electron chi connectivity index (χ1n) is 10.2. The Hall–Kier alpha value is -2.65. The Labute approximate surface area is 167 Å². The molecule has 0 aromatic heterocycles. The van der Waals surface area contributed by atoms with E-state index < -0.39 is 0 Å². The minimum absolute atomic E-state index is 0.0949. The molecule has 1 saturated heterocycles. The van der Waals surface area contributed by atoms with Crippen LogP contribution in [-0.2, 0) is 17.9 Å². The molecule has 3 heteroatoms. The fourth-order valence-electron chi connectivity index (χ4n) is 4.32. The second kappa shape index (κ2) is 8.57. The van der Waals surface area contributed by atoms with E-state index in [2.05, 4.69) is 59.5 Å². The lowest BCUT2D eigenvalue weighted by atomic mass is 9.95. The van der Waals surface area contributed by atoms with Crippen molar-refractivity contribution < 1.29 is 4.79 Å². The minimum Gasteiger partial charge on any atom is -0.341 e. The Morgan fingerprint density at radius 2 is 1.75 bits per heavy atom. The summed E-state index contributed by atoms with van der Waals surface area (Å²) in [5, 5.41) is 2.60. The van der Waals surface area contributed by atoms with Crippen LogP contribution >= 0.6 is 0 Å². The van der Waals surface area contributed by atoms with Gasteiger partial charge in [0.1, 0.15) is 0 Å². The van der Waals surface area contributed by atoms with Crippen LogP contribution in [-0.4, -0.2) is 35.8 Å². The smallest absolute Gasteiger partial charge is 0.227 e. The van der Waals surface area contributed by atoms with Gasteiger partial charge in [-0.1, -0.05) is 72.8 Å². The Morgan fingerprint density at radius 3 is 2.61 bits per heavy atom. The van der Waals surface area contributed by atoms with Gasteiger partial charge in [0.15, 0.2) is 0 Å². The summed E-state index contributed by atoms with van der Waals surface area (Å²) in [5.41, 5.74) is 2.53. The van der Waals surface area contributed by atoms with Crippen molar-refractivity contribution in [1.82, 2.24) is 9.80 Å². The summed E-state index contributed by atoms with van der Waals surface area (Å²) in [6.07, 6.45) is 2.07. The van der Waals surface area contributed by atoms with Crippen LogP contribution in [0.5, 0.6) is 0 Å². The van der Waals surface area contributed by atoms with Crippen molar-refractivity contribution in [2.24, 2.45) is 5.92 Å². The highest BCUT2D eigenvalue weighted by Gasteiger charge is 2.28. The molecule has 1 atom stereocenters. The number of benzene rings is 3. The highest BCUT2D eigenvalue weighted by atomic mass is 16.2. The van der Waals surface area contributed by atoms with Crippen LogP contribution in [0.1, 0.15) is 24.0 Å². The first kappa shape index (κ1) is 18.7. The van der Waals surface area contributed by atoms with Crippen molar-refractivity contribution in [3.05, 3.63) is 83.9 Å². The number of rotatable bonds is 5. The normalized spacial score (nSPS) is 17.5. The molecule has 0 radical (unpaired) electrons. The lowest BCUT2D eigenvalue weighted by Gasteiger charge is -2.34. The van der Waals surface area contributed by atoms with Gasteiger partial charge in [-0.05, 0) is 41.3 Å². The molecule has 1 aliphatic heterocycles. The molecule has 0 spiro atoms. The lowest BCUT2D eigenvalue weighted by Crippen LogP contribution is -2.43. The van der Waals surface area contributed by atoms with Crippen LogP contribution < -0.4 is 0 Å². The summed E-state index contributed by atoms with van der Waals surface area (Å²) < 4.78 is 0. The van der Waals surface area contributed by atoms with Crippen LogP contribution in [0, 0.1) is 5.92 Å². The van der Waals surface area contributed by atoms with Crippen LogP contribution in [0.3, 0.4) is 0 Å². The zero-order chi connectivity index (χ0) is 19.3. The molecule has 0 bridgehead atoms. The molecule has 1 fully saturated rings. The summed E-state index contributed by atoms with van der Waals surface area (Å²) in [4.78, 5) is 17.4. The maximum Gasteiger partial charge on any atom is 0.227 e. The average molecular weight is 373 g/mol. The highest BCUT2D eigenvalue weighted by Crippen LogP contribution is 2.24. The lowest BCUT2D eigenvalue weighted by molar-refractivity contribution is -0.136. The predicted octanol–water partition coefficient (Wildman–Crippen LogP) is 4.71. The maximum absolute atomic E-state index is 13.0. The molecule has 3 nitrogen and oxygen atoms in total. The van der Waals surface area contributed by atoms with E-state index >= 15 is 0 Å². The Bertz CT molecular complexity index is 932. The Morgan fingerprint density at radius 1 is 1.00 bits per heavy atom. The molecule has 1 amide bonds. The van der Waals surface area contributed by atoms with Crippen molar-refractivity contribution in [2.45, 2.75) is 25.9 Å². The fraction of sp³-hybridized carbons (Fsp3) is 0.320. The number of piperidine rings is 1. The van der Waals surface area contributed by atoms with E-state index in [4.69, 9.17) is 0 Å². The first-order valence-corrected chi connectivity index (χ1v) is 10.2. The van der Waals surface area contributed by atoms with Crippen LogP contribution in [0.15, 0.2) is 72.8 Å². The topological polar surface area (TPSA) is 23.6 Å². The first-order chi connectivity index (χ1) is 13.7. The quantitative estimate of drug-likeness (QED) is 0.647. The van der Waals surface area contributed by atoms with E-state index in [1.54, 1.807) is 0 Å². The zero-order valence-electron chi connectivity index (χ0n) is 16.6. The predicted molar refractivity (Wildman–Crippen MR) is 115 cm³/mol. The molecule has 0 saturated carbocycles. The van der Waals surface area contributed by atoms with Crippen molar-refractivity contribution in [3.63, 3.8) is 0 Å². The Kier molecular flexibility index (Phi) is 5.73.